The van der Waals surface area contributed by atoms with Gasteiger partial charge in [-0.15, -0.1) is 5.10 Å². The highest BCUT2D eigenvalue weighted by Gasteiger charge is 2.16. The van der Waals surface area contributed by atoms with Crippen LogP contribution in [0.1, 0.15) is 35.4 Å². The molecule has 3 aromatic rings. The van der Waals surface area contributed by atoms with E-state index in [2.05, 4.69) is 21.6 Å². The van der Waals surface area contributed by atoms with Crippen molar-refractivity contribution in [1.82, 2.24) is 10.2 Å². The highest BCUT2D eigenvalue weighted by Crippen LogP contribution is 2.18. The van der Waals surface area contributed by atoms with E-state index in [0.717, 1.165) is 5.56 Å². The SMILES string of the molecule is COc1ccc(S(=O)(=O)CCCC(=O)Nc2nnc(Cc3ccc(C)c(C)c3)o2)cc1. The van der Waals surface area contributed by atoms with E-state index >= 15 is 0 Å². The van der Waals surface area contributed by atoms with Crippen molar-refractivity contribution >= 4 is 21.8 Å². The van der Waals surface area contributed by atoms with Gasteiger partial charge in [0.05, 0.1) is 24.2 Å². The first-order valence-electron chi connectivity index (χ1n) is 9.82. The van der Waals surface area contributed by atoms with Gasteiger partial charge in [0.25, 0.3) is 0 Å². The number of aryl methyl sites for hydroxylation is 2. The predicted octanol–water partition coefficient (Wildman–Crippen LogP) is 3.48. The minimum absolute atomic E-state index is 0.00171. The molecule has 1 heterocycles. The minimum atomic E-state index is -3.48. The van der Waals surface area contributed by atoms with Crippen LogP contribution in [-0.2, 0) is 21.1 Å². The van der Waals surface area contributed by atoms with E-state index in [9.17, 15) is 13.2 Å². The molecule has 2 aromatic carbocycles. The lowest BCUT2D eigenvalue weighted by Crippen LogP contribution is -2.14. The summed E-state index contributed by atoms with van der Waals surface area (Å²) >= 11 is 0. The molecule has 1 amide bonds. The third kappa shape index (κ3) is 6.14. The maximum Gasteiger partial charge on any atom is 0.322 e. The molecule has 0 spiro atoms. The van der Waals surface area contributed by atoms with Gasteiger partial charge in [0, 0.05) is 6.42 Å². The largest absolute Gasteiger partial charge is 0.497 e. The number of nitrogens with zero attached hydrogens (tertiary/aromatic N) is 2. The number of sulfone groups is 1. The molecule has 1 aromatic heterocycles. The Balaban J connectivity index is 1.49. The van der Waals surface area contributed by atoms with E-state index in [1.807, 2.05) is 26.0 Å². The molecule has 1 N–H and O–H groups in total. The second-order valence-electron chi connectivity index (χ2n) is 7.24. The molecule has 0 bridgehead atoms. The van der Waals surface area contributed by atoms with Crippen molar-refractivity contribution in [3.8, 4) is 5.75 Å². The molecule has 164 valence electrons. The van der Waals surface area contributed by atoms with Crippen LogP contribution in [0.15, 0.2) is 51.8 Å². The Hall–Kier alpha value is -3.20. The molecule has 3 rings (SSSR count). The number of aromatic nitrogens is 2. The minimum Gasteiger partial charge on any atom is -0.497 e. The van der Waals surface area contributed by atoms with E-state index < -0.39 is 9.84 Å². The number of benzene rings is 2. The molecule has 0 aliphatic carbocycles. The summed E-state index contributed by atoms with van der Waals surface area (Å²) in [5.74, 6) is 0.441. The van der Waals surface area contributed by atoms with Crippen LogP contribution >= 0.6 is 0 Å². The van der Waals surface area contributed by atoms with Crippen molar-refractivity contribution in [2.45, 2.75) is 38.0 Å². The monoisotopic (exact) mass is 443 g/mol. The zero-order valence-corrected chi connectivity index (χ0v) is 18.5. The Bertz CT molecular complexity index is 1150. The zero-order chi connectivity index (χ0) is 22.4. The van der Waals surface area contributed by atoms with Gasteiger partial charge in [0.15, 0.2) is 9.84 Å². The molecule has 9 heteroatoms. The van der Waals surface area contributed by atoms with Crippen molar-refractivity contribution in [1.29, 1.82) is 0 Å². The van der Waals surface area contributed by atoms with Crippen LogP contribution in [0.25, 0.3) is 0 Å². The Kier molecular flexibility index (Phi) is 7.06. The Morgan fingerprint density at radius 3 is 2.48 bits per heavy atom. The van der Waals surface area contributed by atoms with Crippen molar-refractivity contribution < 1.29 is 22.4 Å². The molecular weight excluding hydrogens is 418 g/mol. The van der Waals surface area contributed by atoms with E-state index in [1.54, 1.807) is 12.1 Å². The number of hydrogen-bond acceptors (Lipinski definition) is 7. The van der Waals surface area contributed by atoms with Gasteiger partial charge in [-0.3, -0.25) is 10.1 Å². The number of carbonyl (C=O) groups is 1. The molecule has 0 fully saturated rings. The molecule has 8 nitrogen and oxygen atoms in total. The van der Waals surface area contributed by atoms with E-state index in [-0.39, 0.29) is 35.4 Å². The molecule has 31 heavy (non-hydrogen) atoms. The third-order valence-corrected chi connectivity index (χ3v) is 6.69. The number of rotatable bonds is 9. The number of carbonyl (C=O) groups excluding carboxylic acids is 1. The fourth-order valence-corrected chi connectivity index (χ4v) is 4.28. The summed E-state index contributed by atoms with van der Waals surface area (Å²) < 4.78 is 35.3. The van der Waals surface area contributed by atoms with Gasteiger partial charge in [-0.2, -0.15) is 0 Å². The lowest BCUT2D eigenvalue weighted by molar-refractivity contribution is -0.116. The van der Waals surface area contributed by atoms with Crippen molar-refractivity contribution in [2.75, 3.05) is 18.2 Å². The van der Waals surface area contributed by atoms with Crippen molar-refractivity contribution in [2.24, 2.45) is 0 Å². The second-order valence-corrected chi connectivity index (χ2v) is 9.35. The average molecular weight is 444 g/mol. The van der Waals surface area contributed by atoms with Crippen molar-refractivity contribution in [3.05, 3.63) is 65.0 Å². The Labute approximate surface area is 181 Å². The summed E-state index contributed by atoms with van der Waals surface area (Å²) in [6.07, 6.45) is 0.651. The van der Waals surface area contributed by atoms with Crippen LogP contribution in [0.3, 0.4) is 0 Å². The van der Waals surface area contributed by atoms with Gasteiger partial charge < -0.3 is 9.15 Å². The van der Waals surface area contributed by atoms with Crippen LogP contribution < -0.4 is 10.1 Å². The summed E-state index contributed by atoms with van der Waals surface area (Å²) in [5.41, 5.74) is 3.42. The fourth-order valence-electron chi connectivity index (χ4n) is 2.97. The van der Waals surface area contributed by atoms with Crippen molar-refractivity contribution in [3.63, 3.8) is 0 Å². The molecule has 0 atom stereocenters. The second kappa shape index (κ2) is 9.74. The van der Waals surface area contributed by atoms with E-state index in [1.165, 1.54) is 30.4 Å². The van der Waals surface area contributed by atoms with Gasteiger partial charge >= 0.3 is 6.01 Å². The number of nitrogens with one attached hydrogen (secondary N) is 1. The van der Waals surface area contributed by atoms with Crippen LogP contribution in [0.2, 0.25) is 0 Å². The Morgan fingerprint density at radius 1 is 1.06 bits per heavy atom. The summed E-state index contributed by atoms with van der Waals surface area (Å²) in [7, 11) is -1.97. The number of hydrogen-bond donors (Lipinski definition) is 1. The predicted molar refractivity (Wildman–Crippen MR) is 116 cm³/mol. The highest BCUT2D eigenvalue weighted by molar-refractivity contribution is 7.91. The van der Waals surface area contributed by atoms with Crippen LogP contribution in [-0.4, -0.2) is 37.4 Å². The molecule has 0 saturated carbocycles. The normalized spacial score (nSPS) is 11.3. The van der Waals surface area contributed by atoms with Gasteiger partial charge in [-0.25, -0.2) is 8.42 Å². The first-order valence-corrected chi connectivity index (χ1v) is 11.5. The van der Waals surface area contributed by atoms with E-state index in [0.29, 0.717) is 18.1 Å². The first-order chi connectivity index (χ1) is 14.8. The Morgan fingerprint density at radius 2 is 1.81 bits per heavy atom. The average Bonchev–Trinajstić information content (AvgIpc) is 3.17. The number of anilines is 1. The summed E-state index contributed by atoms with van der Waals surface area (Å²) in [6.45, 7) is 4.08. The summed E-state index contributed by atoms with van der Waals surface area (Å²) in [4.78, 5) is 12.3. The fraction of sp³-hybridized carbons (Fsp3) is 0.318. The lowest BCUT2D eigenvalue weighted by atomic mass is 10.0. The summed E-state index contributed by atoms with van der Waals surface area (Å²) in [5, 5.41) is 10.3. The van der Waals surface area contributed by atoms with Gasteiger partial charge in [0.1, 0.15) is 5.75 Å². The highest BCUT2D eigenvalue weighted by atomic mass is 32.2. The smallest absolute Gasteiger partial charge is 0.322 e. The van der Waals surface area contributed by atoms with Crippen LogP contribution in [0, 0.1) is 13.8 Å². The van der Waals surface area contributed by atoms with Gasteiger partial charge in [0.2, 0.25) is 11.8 Å². The van der Waals surface area contributed by atoms with Crippen LogP contribution in [0.5, 0.6) is 5.75 Å². The number of amides is 1. The molecule has 0 saturated heterocycles. The molecule has 0 unspecified atom stereocenters. The van der Waals surface area contributed by atoms with Crippen LogP contribution in [0.4, 0.5) is 6.01 Å². The molecular formula is C22H25N3O5S. The quantitative estimate of drug-likeness (QED) is 0.539. The van der Waals surface area contributed by atoms with Gasteiger partial charge in [-0.05, 0) is 61.2 Å². The summed E-state index contributed by atoms with van der Waals surface area (Å²) in [6, 6.07) is 12.2. The maximum absolute atomic E-state index is 12.4. The molecule has 0 aliphatic rings. The zero-order valence-electron chi connectivity index (χ0n) is 17.7. The first kappa shape index (κ1) is 22.5. The third-order valence-electron chi connectivity index (χ3n) is 4.88. The number of ether oxygens (including phenoxy) is 1. The maximum atomic E-state index is 12.4. The molecule has 0 aliphatic heterocycles. The lowest BCUT2D eigenvalue weighted by Gasteiger charge is -2.05. The topological polar surface area (TPSA) is 111 Å². The molecule has 0 radical (unpaired) electrons. The standard InChI is InChI=1S/C22H25N3O5S/c1-15-6-7-17(13-16(15)2)14-21-24-25-22(30-21)23-20(26)5-4-12-31(27,28)19-10-8-18(29-3)9-11-19/h6-11,13H,4-5,12,14H2,1-3H3,(H,23,25,26). The van der Waals surface area contributed by atoms with E-state index in [4.69, 9.17) is 9.15 Å². The number of methoxy groups -OCH3 is 1. The van der Waals surface area contributed by atoms with Gasteiger partial charge in [-0.1, -0.05) is 23.3 Å².